The number of allylic oxidation sites excluding steroid dienone is 3. The van der Waals surface area contributed by atoms with Gasteiger partial charge in [-0.05, 0) is 50.0 Å². The predicted molar refractivity (Wildman–Crippen MR) is 109 cm³/mol. The van der Waals surface area contributed by atoms with Crippen LogP contribution in [0.3, 0.4) is 0 Å². The predicted octanol–water partition coefficient (Wildman–Crippen LogP) is 2.19. The van der Waals surface area contributed by atoms with Crippen molar-refractivity contribution in [2.45, 2.75) is 25.7 Å². The SMILES string of the molecule is COCCNC(=O)c1ccc(/C=C/C(=O)C2C(=O)C3=C(CCCC3)N(C)C2=O)s1. The summed E-state index contributed by atoms with van der Waals surface area (Å²) in [6.07, 6.45) is 5.97. The van der Waals surface area contributed by atoms with Crippen LogP contribution in [0.15, 0.2) is 29.5 Å². The first-order valence-corrected chi connectivity index (χ1v) is 10.4. The van der Waals surface area contributed by atoms with E-state index < -0.39 is 17.6 Å². The number of carbonyl (C=O) groups excluding carboxylic acids is 4. The minimum Gasteiger partial charge on any atom is -0.383 e. The van der Waals surface area contributed by atoms with E-state index in [1.807, 2.05) is 0 Å². The van der Waals surface area contributed by atoms with Crippen LogP contribution in [0.4, 0.5) is 0 Å². The molecule has 3 rings (SSSR count). The monoisotopic (exact) mass is 416 g/mol. The summed E-state index contributed by atoms with van der Waals surface area (Å²) in [5, 5.41) is 2.73. The quantitative estimate of drug-likeness (QED) is 0.418. The third kappa shape index (κ3) is 4.54. The van der Waals surface area contributed by atoms with Gasteiger partial charge in [-0.2, -0.15) is 0 Å². The Morgan fingerprint density at radius 2 is 2.03 bits per heavy atom. The standard InChI is InChI=1S/C21H24N2O5S/c1-23-15-6-4-3-5-14(15)19(25)18(21(23)27)16(24)9-7-13-8-10-17(29-13)20(26)22-11-12-28-2/h7-10,18H,3-6,11-12H2,1-2H3,(H,22,26)/b9-7+. The zero-order chi connectivity index (χ0) is 21.0. The van der Waals surface area contributed by atoms with Gasteiger partial charge in [-0.15, -0.1) is 11.3 Å². The number of rotatable bonds is 7. The number of thiophene rings is 1. The Kier molecular flexibility index (Phi) is 6.76. The Bertz CT molecular complexity index is 899. The Morgan fingerprint density at radius 1 is 1.28 bits per heavy atom. The van der Waals surface area contributed by atoms with Gasteiger partial charge in [0.05, 0.1) is 11.5 Å². The van der Waals surface area contributed by atoms with Gasteiger partial charge in [-0.3, -0.25) is 19.2 Å². The molecule has 1 aliphatic heterocycles. The molecule has 2 amide bonds. The summed E-state index contributed by atoms with van der Waals surface area (Å²) in [4.78, 5) is 52.7. The van der Waals surface area contributed by atoms with E-state index in [4.69, 9.17) is 4.74 Å². The van der Waals surface area contributed by atoms with Gasteiger partial charge in [0.25, 0.3) is 5.91 Å². The number of carbonyl (C=O) groups is 4. The lowest BCUT2D eigenvalue weighted by molar-refractivity contribution is -0.143. The van der Waals surface area contributed by atoms with Crippen LogP contribution in [0.25, 0.3) is 6.08 Å². The van der Waals surface area contributed by atoms with E-state index in [1.54, 1.807) is 32.4 Å². The van der Waals surface area contributed by atoms with E-state index in [9.17, 15) is 19.2 Å². The molecule has 1 aromatic heterocycles. The van der Waals surface area contributed by atoms with Gasteiger partial charge in [0, 0.05) is 36.8 Å². The van der Waals surface area contributed by atoms with Crippen LogP contribution in [0, 0.1) is 5.92 Å². The number of Topliss-reactive ketones (excluding diaryl/α,β-unsaturated/α-hetero) is 1. The molecule has 0 fully saturated rings. The highest BCUT2D eigenvalue weighted by Gasteiger charge is 2.43. The first kappa shape index (κ1) is 21.1. The zero-order valence-electron chi connectivity index (χ0n) is 16.5. The highest BCUT2D eigenvalue weighted by atomic mass is 32.1. The second-order valence-electron chi connectivity index (χ2n) is 7.01. The number of amides is 2. The van der Waals surface area contributed by atoms with Crippen LogP contribution >= 0.6 is 11.3 Å². The summed E-state index contributed by atoms with van der Waals surface area (Å²) in [6.45, 7) is 0.836. The number of nitrogens with zero attached hydrogens (tertiary/aromatic N) is 1. The molecule has 0 spiro atoms. The largest absolute Gasteiger partial charge is 0.383 e. The molecule has 0 saturated carbocycles. The maximum Gasteiger partial charge on any atom is 0.261 e. The van der Waals surface area contributed by atoms with Crippen molar-refractivity contribution < 1.29 is 23.9 Å². The first-order valence-electron chi connectivity index (χ1n) is 9.56. The molecule has 1 unspecified atom stereocenters. The van der Waals surface area contributed by atoms with E-state index in [-0.39, 0.29) is 11.7 Å². The third-order valence-corrected chi connectivity index (χ3v) is 6.17. The Morgan fingerprint density at radius 3 is 2.79 bits per heavy atom. The maximum absolute atomic E-state index is 12.8. The first-order chi connectivity index (χ1) is 13.9. The van der Waals surface area contributed by atoms with Gasteiger partial charge >= 0.3 is 0 Å². The average molecular weight is 416 g/mol. The fraction of sp³-hybridized carbons (Fsp3) is 0.429. The minimum atomic E-state index is -1.30. The lowest BCUT2D eigenvalue weighted by atomic mass is 9.81. The van der Waals surface area contributed by atoms with Crippen LogP contribution in [0.2, 0.25) is 0 Å². The van der Waals surface area contributed by atoms with Crippen molar-refractivity contribution in [3.63, 3.8) is 0 Å². The molecule has 154 valence electrons. The molecule has 2 heterocycles. The van der Waals surface area contributed by atoms with E-state index in [2.05, 4.69) is 5.32 Å². The van der Waals surface area contributed by atoms with E-state index in [1.165, 1.54) is 22.3 Å². The van der Waals surface area contributed by atoms with Crippen LogP contribution < -0.4 is 5.32 Å². The summed E-state index contributed by atoms with van der Waals surface area (Å²) < 4.78 is 4.89. The number of ketones is 2. The van der Waals surface area contributed by atoms with Gasteiger partial charge in [-0.1, -0.05) is 0 Å². The maximum atomic E-state index is 12.8. The zero-order valence-corrected chi connectivity index (χ0v) is 17.3. The topological polar surface area (TPSA) is 92.8 Å². The smallest absolute Gasteiger partial charge is 0.261 e. The van der Waals surface area contributed by atoms with Gasteiger partial charge in [-0.25, -0.2) is 0 Å². The Hall–Kier alpha value is -2.58. The molecule has 1 N–H and O–H groups in total. The highest BCUT2D eigenvalue weighted by Crippen LogP contribution is 2.34. The van der Waals surface area contributed by atoms with Crippen molar-refractivity contribution in [2.24, 2.45) is 5.92 Å². The second kappa shape index (κ2) is 9.28. The molecule has 8 heteroatoms. The van der Waals surface area contributed by atoms with Crippen molar-refractivity contribution in [2.75, 3.05) is 27.3 Å². The molecule has 2 aliphatic rings. The Balaban J connectivity index is 1.69. The molecular formula is C21H24N2O5S. The van der Waals surface area contributed by atoms with Crippen LogP contribution in [-0.2, 0) is 19.1 Å². The summed E-state index contributed by atoms with van der Waals surface area (Å²) in [5.74, 6) is -2.86. The number of methoxy groups -OCH3 is 1. The average Bonchev–Trinajstić information content (AvgIpc) is 3.20. The van der Waals surface area contributed by atoms with Gasteiger partial charge in [0.15, 0.2) is 17.5 Å². The molecule has 0 bridgehead atoms. The Labute approximate surface area is 173 Å². The lowest BCUT2D eigenvalue weighted by Gasteiger charge is -2.34. The van der Waals surface area contributed by atoms with Crippen LogP contribution in [0.1, 0.15) is 40.2 Å². The fourth-order valence-corrected chi connectivity index (χ4v) is 4.39. The molecule has 0 radical (unpaired) electrons. The molecular weight excluding hydrogens is 392 g/mol. The summed E-state index contributed by atoms with van der Waals surface area (Å²) in [7, 11) is 3.19. The van der Waals surface area contributed by atoms with Crippen molar-refractivity contribution >= 4 is 40.8 Å². The molecule has 1 aliphatic carbocycles. The van der Waals surface area contributed by atoms with Crippen LogP contribution in [-0.4, -0.2) is 55.6 Å². The highest BCUT2D eigenvalue weighted by molar-refractivity contribution is 7.14. The molecule has 1 atom stereocenters. The van der Waals surface area contributed by atoms with Crippen molar-refractivity contribution in [3.8, 4) is 0 Å². The van der Waals surface area contributed by atoms with E-state index >= 15 is 0 Å². The third-order valence-electron chi connectivity index (χ3n) is 5.12. The van der Waals surface area contributed by atoms with Gasteiger partial charge in [0.2, 0.25) is 5.91 Å². The normalized spacial score (nSPS) is 19.7. The molecule has 7 nitrogen and oxygen atoms in total. The van der Waals surface area contributed by atoms with Gasteiger partial charge in [0.1, 0.15) is 0 Å². The number of hydrogen-bond donors (Lipinski definition) is 1. The van der Waals surface area contributed by atoms with Crippen molar-refractivity contribution in [3.05, 3.63) is 39.2 Å². The molecule has 29 heavy (non-hydrogen) atoms. The summed E-state index contributed by atoms with van der Waals surface area (Å²) in [6, 6.07) is 3.39. The van der Waals surface area contributed by atoms with Crippen LogP contribution in [0.5, 0.6) is 0 Å². The van der Waals surface area contributed by atoms with E-state index in [0.717, 1.165) is 18.5 Å². The molecule has 1 aromatic rings. The van der Waals surface area contributed by atoms with Gasteiger partial charge < -0.3 is 15.0 Å². The lowest BCUT2D eigenvalue weighted by Crippen LogP contribution is -2.46. The second-order valence-corrected chi connectivity index (χ2v) is 8.13. The van der Waals surface area contributed by atoms with E-state index in [0.29, 0.717) is 41.3 Å². The summed E-state index contributed by atoms with van der Waals surface area (Å²) >= 11 is 1.23. The number of nitrogens with one attached hydrogen (secondary N) is 1. The minimum absolute atomic E-state index is 0.214. The number of ether oxygens (including phenoxy) is 1. The molecule has 0 aromatic carbocycles. The number of hydrogen-bond acceptors (Lipinski definition) is 6. The van der Waals surface area contributed by atoms with Crippen molar-refractivity contribution in [1.29, 1.82) is 0 Å². The fourth-order valence-electron chi connectivity index (χ4n) is 3.57. The van der Waals surface area contributed by atoms with Crippen molar-refractivity contribution in [1.82, 2.24) is 10.2 Å². The molecule has 0 saturated heterocycles. The summed E-state index contributed by atoms with van der Waals surface area (Å²) in [5.41, 5.74) is 1.39.